The first-order valence-corrected chi connectivity index (χ1v) is 13.5. The first-order chi connectivity index (χ1) is 17.3. The van der Waals surface area contributed by atoms with Gasteiger partial charge in [-0.15, -0.1) is 0 Å². The Morgan fingerprint density at radius 1 is 1.00 bits per heavy atom. The van der Waals surface area contributed by atoms with E-state index in [1.807, 2.05) is 25.1 Å². The van der Waals surface area contributed by atoms with Crippen molar-refractivity contribution in [2.75, 3.05) is 33.9 Å². The van der Waals surface area contributed by atoms with Crippen molar-refractivity contribution >= 4 is 15.7 Å². The van der Waals surface area contributed by atoms with Crippen molar-refractivity contribution < 1.29 is 27.1 Å². The lowest BCUT2D eigenvalue weighted by atomic mass is 10.00. The lowest BCUT2D eigenvalue weighted by molar-refractivity contribution is 0.0890. The van der Waals surface area contributed by atoms with E-state index >= 15 is 0 Å². The molecule has 1 amide bonds. The van der Waals surface area contributed by atoms with E-state index in [2.05, 4.69) is 10.2 Å². The Hall–Kier alpha value is -3.30. The Balaban J connectivity index is 1.54. The van der Waals surface area contributed by atoms with Gasteiger partial charge in [0.1, 0.15) is 11.5 Å². The summed E-state index contributed by atoms with van der Waals surface area (Å²) in [5, 5.41) is 2.66. The standard InChI is InChI=1S/C27H32N2O6S/c1-19-7-10-21(11-8-19)36(31,32)26-14-13-25(35-26)27(30)28-18-23(29-15-5-4-6-16-29)22-17-20(33-2)9-12-24(22)34-3/h7-14,17,23H,4-6,15-16,18H2,1-3H3,(H,28,30). The number of aryl methyl sites for hydroxylation is 1. The van der Waals surface area contributed by atoms with E-state index in [1.165, 1.54) is 30.7 Å². The summed E-state index contributed by atoms with van der Waals surface area (Å²) in [5.41, 5.74) is 1.87. The van der Waals surface area contributed by atoms with E-state index in [9.17, 15) is 13.2 Å². The molecule has 1 aliphatic rings. The summed E-state index contributed by atoms with van der Waals surface area (Å²) in [5.74, 6) is 0.876. The molecule has 1 fully saturated rings. The Bertz CT molecular complexity index is 1290. The van der Waals surface area contributed by atoms with Gasteiger partial charge >= 0.3 is 0 Å². The summed E-state index contributed by atoms with van der Waals surface area (Å²) in [6.45, 7) is 3.98. The van der Waals surface area contributed by atoms with Gasteiger partial charge in [-0.3, -0.25) is 9.69 Å². The smallest absolute Gasteiger partial charge is 0.287 e. The summed E-state index contributed by atoms with van der Waals surface area (Å²) in [4.78, 5) is 15.4. The maximum atomic E-state index is 13.0. The number of methoxy groups -OCH3 is 2. The van der Waals surface area contributed by atoms with Gasteiger partial charge in [-0.2, -0.15) is 0 Å². The van der Waals surface area contributed by atoms with Gasteiger partial charge < -0.3 is 19.2 Å². The lowest BCUT2D eigenvalue weighted by Gasteiger charge is -2.35. The molecule has 0 aliphatic carbocycles. The number of likely N-dealkylation sites (tertiary alicyclic amines) is 1. The number of ether oxygens (including phenoxy) is 2. The zero-order valence-electron chi connectivity index (χ0n) is 20.8. The molecule has 4 rings (SSSR count). The van der Waals surface area contributed by atoms with Crippen LogP contribution in [0.5, 0.6) is 11.5 Å². The SMILES string of the molecule is COc1ccc(OC)c(C(CNC(=O)c2ccc(S(=O)(=O)c3ccc(C)cc3)o2)N2CCCCC2)c1. The number of carbonyl (C=O) groups is 1. The number of sulfone groups is 1. The van der Waals surface area contributed by atoms with Crippen molar-refractivity contribution in [3.63, 3.8) is 0 Å². The molecule has 36 heavy (non-hydrogen) atoms. The molecule has 0 radical (unpaired) electrons. The van der Waals surface area contributed by atoms with Crippen molar-refractivity contribution in [3.05, 3.63) is 71.5 Å². The molecule has 9 heteroatoms. The van der Waals surface area contributed by atoms with Gasteiger partial charge in [0.2, 0.25) is 14.9 Å². The van der Waals surface area contributed by atoms with E-state index in [4.69, 9.17) is 13.9 Å². The first-order valence-electron chi connectivity index (χ1n) is 12.0. The predicted octanol–water partition coefficient (Wildman–Crippen LogP) is 4.40. The minimum atomic E-state index is -3.86. The van der Waals surface area contributed by atoms with Crippen LogP contribution in [0.2, 0.25) is 0 Å². The Labute approximate surface area is 212 Å². The lowest BCUT2D eigenvalue weighted by Crippen LogP contribution is -2.40. The third-order valence-corrected chi connectivity index (χ3v) is 8.13. The van der Waals surface area contributed by atoms with Crippen LogP contribution >= 0.6 is 0 Å². The zero-order chi connectivity index (χ0) is 25.7. The van der Waals surface area contributed by atoms with Crippen molar-refractivity contribution in [1.29, 1.82) is 0 Å². The molecule has 192 valence electrons. The fraction of sp³-hybridized carbons (Fsp3) is 0.370. The Morgan fingerprint density at radius 2 is 1.72 bits per heavy atom. The summed E-state index contributed by atoms with van der Waals surface area (Å²) in [7, 11) is -0.627. The van der Waals surface area contributed by atoms with Gasteiger partial charge in [0.05, 0.1) is 25.2 Å². The molecule has 1 atom stereocenters. The van der Waals surface area contributed by atoms with Gasteiger partial charge in [-0.1, -0.05) is 24.1 Å². The number of hydrogen-bond donors (Lipinski definition) is 1. The number of carbonyl (C=O) groups excluding carboxylic acids is 1. The molecule has 3 aromatic rings. The monoisotopic (exact) mass is 512 g/mol. The number of furan rings is 1. The van der Waals surface area contributed by atoms with Crippen molar-refractivity contribution in [2.24, 2.45) is 0 Å². The Morgan fingerprint density at radius 3 is 2.39 bits per heavy atom. The molecule has 1 saturated heterocycles. The van der Waals surface area contributed by atoms with Gasteiger partial charge in [0, 0.05) is 12.1 Å². The van der Waals surface area contributed by atoms with Crippen LogP contribution in [0, 0.1) is 6.92 Å². The van der Waals surface area contributed by atoms with Crippen LogP contribution in [0.1, 0.15) is 47.0 Å². The van der Waals surface area contributed by atoms with Crippen molar-refractivity contribution in [3.8, 4) is 11.5 Å². The fourth-order valence-corrected chi connectivity index (χ4v) is 5.64. The second-order valence-corrected chi connectivity index (χ2v) is 10.7. The average Bonchev–Trinajstić information content (AvgIpc) is 3.41. The Kier molecular flexibility index (Phi) is 8.01. The second kappa shape index (κ2) is 11.2. The molecular formula is C27H32N2O6S. The highest BCUT2D eigenvalue weighted by molar-refractivity contribution is 7.91. The van der Waals surface area contributed by atoms with E-state index in [1.54, 1.807) is 26.4 Å². The van der Waals surface area contributed by atoms with Crippen LogP contribution < -0.4 is 14.8 Å². The van der Waals surface area contributed by atoms with Crippen molar-refractivity contribution in [1.82, 2.24) is 10.2 Å². The number of piperidine rings is 1. The molecule has 0 spiro atoms. The van der Waals surface area contributed by atoms with Crippen LogP contribution in [0.15, 0.2) is 69.0 Å². The highest BCUT2D eigenvalue weighted by atomic mass is 32.2. The average molecular weight is 513 g/mol. The fourth-order valence-electron chi connectivity index (χ4n) is 4.46. The third-order valence-electron chi connectivity index (χ3n) is 6.48. The molecule has 1 unspecified atom stereocenters. The maximum absolute atomic E-state index is 13.0. The molecule has 8 nitrogen and oxygen atoms in total. The summed E-state index contributed by atoms with van der Waals surface area (Å²) in [6, 6.07) is 14.7. The number of amides is 1. The summed E-state index contributed by atoms with van der Waals surface area (Å²) >= 11 is 0. The van der Waals surface area contributed by atoms with Crippen LogP contribution in [0.4, 0.5) is 0 Å². The van der Waals surface area contributed by atoms with E-state index in [0.717, 1.165) is 37.1 Å². The van der Waals surface area contributed by atoms with Gasteiger partial charge in [-0.05, 0) is 75.3 Å². The first kappa shape index (κ1) is 25.8. The molecule has 2 aromatic carbocycles. The number of rotatable bonds is 9. The summed E-state index contributed by atoms with van der Waals surface area (Å²) in [6.07, 6.45) is 3.33. The summed E-state index contributed by atoms with van der Waals surface area (Å²) < 4.78 is 42.4. The van der Waals surface area contributed by atoms with Gasteiger partial charge in [0.25, 0.3) is 5.91 Å². The molecular weight excluding hydrogens is 480 g/mol. The van der Waals surface area contributed by atoms with Gasteiger partial charge in [0.15, 0.2) is 5.76 Å². The zero-order valence-corrected chi connectivity index (χ0v) is 21.6. The van der Waals surface area contributed by atoms with Crippen LogP contribution in [0.25, 0.3) is 0 Å². The van der Waals surface area contributed by atoms with Crippen molar-refractivity contribution in [2.45, 2.75) is 42.2 Å². The van der Waals surface area contributed by atoms with E-state index < -0.39 is 15.7 Å². The molecule has 0 bridgehead atoms. The maximum Gasteiger partial charge on any atom is 0.287 e. The second-order valence-electron chi connectivity index (χ2n) is 8.87. The number of benzene rings is 2. The van der Waals surface area contributed by atoms with Crippen LogP contribution in [0.3, 0.4) is 0 Å². The number of nitrogens with one attached hydrogen (secondary N) is 1. The highest BCUT2D eigenvalue weighted by Crippen LogP contribution is 2.34. The minimum absolute atomic E-state index is 0.0595. The normalized spacial score (nSPS) is 15.3. The number of nitrogens with zero attached hydrogens (tertiary/aromatic N) is 1. The molecule has 0 saturated carbocycles. The topological polar surface area (TPSA) is 98.1 Å². The van der Waals surface area contributed by atoms with Crippen LogP contribution in [-0.4, -0.2) is 53.1 Å². The quantitative estimate of drug-likeness (QED) is 0.454. The van der Waals surface area contributed by atoms with Crippen LogP contribution in [-0.2, 0) is 9.84 Å². The highest BCUT2D eigenvalue weighted by Gasteiger charge is 2.28. The minimum Gasteiger partial charge on any atom is -0.497 e. The van der Waals surface area contributed by atoms with Gasteiger partial charge in [-0.25, -0.2) is 8.42 Å². The molecule has 2 heterocycles. The molecule has 1 aromatic heterocycles. The number of hydrogen-bond acceptors (Lipinski definition) is 7. The van der Waals surface area contributed by atoms with E-state index in [0.29, 0.717) is 18.0 Å². The predicted molar refractivity (Wildman–Crippen MR) is 135 cm³/mol. The largest absolute Gasteiger partial charge is 0.497 e. The molecule has 1 N–H and O–H groups in total. The van der Waals surface area contributed by atoms with E-state index in [-0.39, 0.29) is 21.8 Å². The third kappa shape index (κ3) is 5.57. The molecule has 1 aliphatic heterocycles.